The fraction of sp³-hybridized carbons (Fsp3) is 0.154. The maximum atomic E-state index is 12.0. The second-order valence-electron chi connectivity index (χ2n) is 4.04. The van der Waals surface area contributed by atoms with Crippen LogP contribution in [0.1, 0.15) is 20.1 Å². The van der Waals surface area contributed by atoms with Crippen molar-refractivity contribution in [2.24, 2.45) is 0 Å². The number of hydrogen-bond acceptors (Lipinski definition) is 3. The number of anilines is 2. The molecule has 3 nitrogen and oxygen atoms in total. The molecule has 0 aliphatic carbocycles. The molecule has 1 aromatic carbocycles. The largest absolute Gasteiger partial charge is 0.399 e. The van der Waals surface area contributed by atoms with E-state index in [1.165, 1.54) is 11.3 Å². The Morgan fingerprint density at radius 2 is 2.06 bits per heavy atom. The summed E-state index contributed by atoms with van der Waals surface area (Å²) in [6.07, 6.45) is 0. The Bertz CT molecular complexity index is 588. The van der Waals surface area contributed by atoms with Gasteiger partial charge in [0.15, 0.2) is 0 Å². The summed E-state index contributed by atoms with van der Waals surface area (Å²) in [5.41, 5.74) is 7.86. The molecule has 0 aliphatic heterocycles. The van der Waals surface area contributed by atoms with Crippen molar-refractivity contribution in [1.29, 1.82) is 0 Å². The molecule has 0 fully saturated rings. The van der Waals surface area contributed by atoms with Crippen molar-refractivity contribution in [3.63, 3.8) is 0 Å². The predicted molar refractivity (Wildman–Crippen MR) is 77.6 cm³/mol. The zero-order valence-corrected chi connectivity index (χ0v) is 11.7. The van der Waals surface area contributed by atoms with Crippen molar-refractivity contribution < 1.29 is 4.79 Å². The van der Waals surface area contributed by atoms with Gasteiger partial charge in [-0.1, -0.05) is 11.6 Å². The Labute approximate surface area is 115 Å². The molecule has 0 aliphatic rings. The highest BCUT2D eigenvalue weighted by molar-refractivity contribution is 7.14. The van der Waals surface area contributed by atoms with Gasteiger partial charge in [0.2, 0.25) is 0 Å². The van der Waals surface area contributed by atoms with Crippen molar-refractivity contribution in [1.82, 2.24) is 0 Å². The number of thiophene rings is 1. The van der Waals surface area contributed by atoms with Crippen LogP contribution in [0.2, 0.25) is 5.02 Å². The summed E-state index contributed by atoms with van der Waals surface area (Å²) in [4.78, 5) is 13.8. The Kier molecular flexibility index (Phi) is 3.59. The fourth-order valence-corrected chi connectivity index (χ4v) is 2.67. The minimum Gasteiger partial charge on any atom is -0.399 e. The molecule has 0 spiro atoms. The molecule has 0 saturated carbocycles. The lowest BCUT2D eigenvalue weighted by molar-refractivity contribution is 0.103. The zero-order chi connectivity index (χ0) is 13.3. The lowest BCUT2D eigenvalue weighted by atomic mass is 10.2. The van der Waals surface area contributed by atoms with Gasteiger partial charge in [-0.25, -0.2) is 0 Å². The van der Waals surface area contributed by atoms with Gasteiger partial charge < -0.3 is 11.1 Å². The van der Waals surface area contributed by atoms with Gasteiger partial charge in [-0.3, -0.25) is 4.79 Å². The Morgan fingerprint density at radius 3 is 2.61 bits per heavy atom. The first kappa shape index (κ1) is 12.9. The third-order valence-corrected chi connectivity index (χ3v) is 4.10. The molecule has 0 unspecified atom stereocenters. The van der Waals surface area contributed by atoms with Crippen LogP contribution in [-0.4, -0.2) is 5.91 Å². The van der Waals surface area contributed by atoms with Crippen LogP contribution in [0.5, 0.6) is 0 Å². The lowest BCUT2D eigenvalue weighted by Gasteiger charge is -2.06. The van der Waals surface area contributed by atoms with Crippen LogP contribution in [0.3, 0.4) is 0 Å². The van der Waals surface area contributed by atoms with Gasteiger partial charge in [-0.15, -0.1) is 11.3 Å². The summed E-state index contributed by atoms with van der Waals surface area (Å²) in [5.74, 6) is -0.150. The molecule has 1 heterocycles. The minimum atomic E-state index is -0.150. The SMILES string of the molecule is Cc1cc(C(=O)Nc2ccc(N)cc2Cl)sc1C. The number of benzene rings is 1. The molecule has 18 heavy (non-hydrogen) atoms. The first-order valence-corrected chi connectivity index (χ1v) is 6.60. The minimum absolute atomic E-state index is 0.150. The Balaban J connectivity index is 2.21. The van der Waals surface area contributed by atoms with Crippen LogP contribution in [0.4, 0.5) is 11.4 Å². The van der Waals surface area contributed by atoms with Gasteiger partial charge in [-0.2, -0.15) is 0 Å². The lowest BCUT2D eigenvalue weighted by Crippen LogP contribution is -2.10. The molecule has 0 atom stereocenters. The van der Waals surface area contributed by atoms with E-state index in [0.29, 0.717) is 21.3 Å². The van der Waals surface area contributed by atoms with Crippen LogP contribution in [0.15, 0.2) is 24.3 Å². The molecule has 1 aromatic heterocycles. The Morgan fingerprint density at radius 1 is 1.33 bits per heavy atom. The van der Waals surface area contributed by atoms with E-state index in [1.807, 2.05) is 19.9 Å². The molecule has 1 amide bonds. The van der Waals surface area contributed by atoms with Crippen LogP contribution in [0, 0.1) is 13.8 Å². The van der Waals surface area contributed by atoms with E-state index >= 15 is 0 Å². The summed E-state index contributed by atoms with van der Waals surface area (Å²) < 4.78 is 0. The third-order valence-electron chi connectivity index (χ3n) is 2.63. The molecule has 3 N–H and O–H groups in total. The number of carbonyl (C=O) groups is 1. The van der Waals surface area contributed by atoms with Gasteiger partial charge >= 0.3 is 0 Å². The van der Waals surface area contributed by atoms with Gasteiger partial charge in [-0.05, 0) is 43.7 Å². The number of amides is 1. The second kappa shape index (κ2) is 5.00. The predicted octanol–water partition coefficient (Wildman–Crippen LogP) is 3.85. The number of aryl methyl sites for hydroxylation is 2. The number of halogens is 1. The van der Waals surface area contributed by atoms with Gasteiger partial charge in [0.1, 0.15) is 0 Å². The Hall–Kier alpha value is -1.52. The van der Waals surface area contributed by atoms with Crippen molar-refractivity contribution >= 4 is 40.2 Å². The highest BCUT2D eigenvalue weighted by atomic mass is 35.5. The maximum absolute atomic E-state index is 12.0. The summed E-state index contributed by atoms with van der Waals surface area (Å²) in [7, 11) is 0. The van der Waals surface area contributed by atoms with Crippen molar-refractivity contribution in [2.45, 2.75) is 13.8 Å². The number of nitrogens with two attached hydrogens (primary N) is 1. The van der Waals surface area contributed by atoms with E-state index in [0.717, 1.165) is 10.4 Å². The number of carbonyl (C=O) groups excluding carboxylic acids is 1. The number of hydrogen-bond donors (Lipinski definition) is 2. The average molecular weight is 281 g/mol. The first-order valence-electron chi connectivity index (χ1n) is 5.41. The smallest absolute Gasteiger partial charge is 0.265 e. The molecule has 5 heteroatoms. The van der Waals surface area contributed by atoms with Gasteiger partial charge in [0.05, 0.1) is 15.6 Å². The first-order chi connectivity index (χ1) is 8.47. The topological polar surface area (TPSA) is 55.1 Å². The number of rotatable bonds is 2. The third kappa shape index (κ3) is 2.66. The molecule has 2 rings (SSSR count). The van der Waals surface area contributed by atoms with Gasteiger partial charge in [0.25, 0.3) is 5.91 Å². The summed E-state index contributed by atoms with van der Waals surface area (Å²) >= 11 is 7.48. The van der Waals surface area contributed by atoms with E-state index in [-0.39, 0.29) is 5.91 Å². The summed E-state index contributed by atoms with van der Waals surface area (Å²) in [5, 5.41) is 3.22. The molecule has 2 aromatic rings. The number of nitrogens with one attached hydrogen (secondary N) is 1. The standard InChI is InChI=1S/C13H13ClN2OS/c1-7-5-12(18-8(7)2)13(17)16-11-4-3-9(15)6-10(11)14/h3-6H,15H2,1-2H3,(H,16,17). The molecule has 0 bridgehead atoms. The molecule has 0 saturated heterocycles. The molecular weight excluding hydrogens is 268 g/mol. The van der Waals surface area contributed by atoms with Crippen molar-refractivity contribution in [3.05, 3.63) is 44.6 Å². The van der Waals surface area contributed by atoms with E-state index < -0.39 is 0 Å². The quantitative estimate of drug-likeness (QED) is 0.821. The molecule has 94 valence electrons. The zero-order valence-electron chi connectivity index (χ0n) is 10.1. The molecular formula is C13H13ClN2OS. The van der Waals surface area contributed by atoms with E-state index in [2.05, 4.69) is 5.32 Å². The number of nitrogen functional groups attached to an aromatic ring is 1. The van der Waals surface area contributed by atoms with E-state index in [1.54, 1.807) is 18.2 Å². The van der Waals surface area contributed by atoms with Crippen molar-refractivity contribution in [3.8, 4) is 0 Å². The summed E-state index contributed by atoms with van der Waals surface area (Å²) in [6, 6.07) is 6.89. The highest BCUT2D eigenvalue weighted by Crippen LogP contribution is 2.26. The average Bonchev–Trinajstić information content (AvgIpc) is 2.63. The van der Waals surface area contributed by atoms with Crippen LogP contribution in [-0.2, 0) is 0 Å². The van der Waals surface area contributed by atoms with E-state index in [4.69, 9.17) is 17.3 Å². The highest BCUT2D eigenvalue weighted by Gasteiger charge is 2.12. The molecule has 0 radical (unpaired) electrons. The maximum Gasteiger partial charge on any atom is 0.265 e. The van der Waals surface area contributed by atoms with Crippen molar-refractivity contribution in [2.75, 3.05) is 11.1 Å². The monoisotopic (exact) mass is 280 g/mol. The second-order valence-corrected chi connectivity index (χ2v) is 5.71. The van der Waals surface area contributed by atoms with Crippen LogP contribution < -0.4 is 11.1 Å². The van der Waals surface area contributed by atoms with Crippen LogP contribution in [0.25, 0.3) is 0 Å². The van der Waals surface area contributed by atoms with Gasteiger partial charge in [0, 0.05) is 10.6 Å². The fourth-order valence-electron chi connectivity index (χ4n) is 1.50. The van der Waals surface area contributed by atoms with Crippen LogP contribution >= 0.6 is 22.9 Å². The van der Waals surface area contributed by atoms with E-state index in [9.17, 15) is 4.79 Å². The summed E-state index contributed by atoms with van der Waals surface area (Å²) in [6.45, 7) is 3.98. The normalized spacial score (nSPS) is 10.4.